The van der Waals surface area contributed by atoms with Crippen molar-refractivity contribution in [1.29, 1.82) is 0 Å². The third-order valence-corrected chi connectivity index (χ3v) is 10.4. The van der Waals surface area contributed by atoms with Crippen LogP contribution in [0, 0.1) is 57.2 Å². The molecule has 49 heavy (non-hydrogen) atoms. The summed E-state index contributed by atoms with van der Waals surface area (Å²) in [6, 6.07) is 0. The first kappa shape index (κ1) is 51.0. The maximum atomic E-state index is 13.1. The molecule has 0 aliphatic rings. The topological polar surface area (TPSA) is 110 Å². The quantitative estimate of drug-likeness (QED) is 0.0729. The molecule has 286 valence electrons. The van der Waals surface area contributed by atoms with Crippen molar-refractivity contribution in [3.8, 4) is 0 Å². The van der Waals surface area contributed by atoms with Crippen LogP contribution in [0.4, 0.5) is 0 Å². The van der Waals surface area contributed by atoms with Crippen molar-refractivity contribution < 1.29 is 61.6 Å². The van der Waals surface area contributed by atoms with Gasteiger partial charge >= 0.3 is 41.5 Å². The van der Waals surface area contributed by atoms with Crippen molar-refractivity contribution in [2.24, 2.45) is 57.2 Å². The molecule has 0 aliphatic carbocycles. The van der Waals surface area contributed by atoms with Gasteiger partial charge in [-0.05, 0) is 95.7 Å². The summed E-state index contributed by atoms with van der Waals surface area (Å²) < 4.78 is 47.9. The molecule has 7 unspecified atom stereocenters. The summed E-state index contributed by atoms with van der Waals surface area (Å²) in [5.41, 5.74) is 0.590. The Bertz CT molecular complexity index is 1060. The number of carbonyl (C=O) groups is 2. The van der Waals surface area contributed by atoms with Gasteiger partial charge in [-0.3, -0.25) is 9.59 Å². The molecule has 0 fully saturated rings. The molecule has 0 rings (SSSR count). The first-order chi connectivity index (χ1) is 21.4. The molecular formula is C40H77NaO7S. The third kappa shape index (κ3) is 26.3. The zero-order valence-electron chi connectivity index (χ0n) is 35.1. The monoisotopic (exact) mass is 725 g/mol. The van der Waals surface area contributed by atoms with E-state index in [9.17, 15) is 22.6 Å². The van der Waals surface area contributed by atoms with Gasteiger partial charge in [0.15, 0.2) is 5.25 Å². The molecule has 0 radical (unpaired) electrons. The number of hydrogen-bond donors (Lipinski definition) is 0. The minimum atomic E-state index is -5.15. The van der Waals surface area contributed by atoms with Gasteiger partial charge in [-0.2, -0.15) is 0 Å². The zero-order chi connectivity index (χ0) is 37.9. The largest absolute Gasteiger partial charge is 1.00 e. The van der Waals surface area contributed by atoms with E-state index in [0.29, 0.717) is 11.8 Å². The number of ether oxygens (including phenoxy) is 2. The first-order valence-corrected chi connectivity index (χ1v) is 20.1. The summed E-state index contributed by atoms with van der Waals surface area (Å²) in [7, 11) is -5.15. The standard InChI is InChI=1S/C40H78O7S.Na/c1-28(22-37(5,6)7)17-19-32(30(3)24-39(11,12)13)26-46-35(41)21-34(48(43,44)45)36(42)47-27-33(31(4)25-40(14,15)16)20-18-29(2)23-38(8,9)10;/h28-34H,17-27H2,1-16H3,(H,43,44,45);/q;+1/p-1. The van der Waals surface area contributed by atoms with Crippen LogP contribution < -0.4 is 29.6 Å². The van der Waals surface area contributed by atoms with Gasteiger partial charge in [0.05, 0.1) is 19.6 Å². The van der Waals surface area contributed by atoms with Gasteiger partial charge in [0, 0.05) is 0 Å². The Labute approximate surface area is 326 Å². The number of carbonyl (C=O) groups excluding carboxylic acids is 2. The molecular weight excluding hydrogens is 647 g/mol. The third-order valence-electron chi connectivity index (χ3n) is 9.32. The van der Waals surface area contributed by atoms with Crippen molar-refractivity contribution in [1.82, 2.24) is 0 Å². The van der Waals surface area contributed by atoms with Crippen molar-refractivity contribution in [3.05, 3.63) is 0 Å². The summed E-state index contributed by atoms with van der Waals surface area (Å²) >= 11 is 0. The van der Waals surface area contributed by atoms with Crippen LogP contribution >= 0.6 is 0 Å². The zero-order valence-corrected chi connectivity index (χ0v) is 37.9. The Hall–Kier alpha value is -0.150. The predicted molar refractivity (Wildman–Crippen MR) is 198 cm³/mol. The van der Waals surface area contributed by atoms with Gasteiger partial charge in [0.25, 0.3) is 0 Å². The van der Waals surface area contributed by atoms with Crippen LogP contribution in [0.25, 0.3) is 0 Å². The van der Waals surface area contributed by atoms with E-state index in [4.69, 9.17) is 9.47 Å². The van der Waals surface area contributed by atoms with Gasteiger partial charge in [-0.15, -0.1) is 0 Å². The van der Waals surface area contributed by atoms with Crippen molar-refractivity contribution in [3.63, 3.8) is 0 Å². The van der Waals surface area contributed by atoms with Crippen molar-refractivity contribution >= 4 is 22.1 Å². The SMILES string of the molecule is CC(CCC(COC(=O)CC(C(=O)OCC(CCC(C)CC(C)(C)C)C(C)CC(C)(C)C)S(=O)(=O)[O-])C(C)CC(C)(C)C)CC(C)(C)C.[Na+]. The summed E-state index contributed by atoms with van der Waals surface area (Å²) in [6.45, 7) is 35.4. The first-order valence-electron chi connectivity index (χ1n) is 18.7. The maximum absolute atomic E-state index is 13.1. The second kappa shape index (κ2) is 21.5. The second-order valence-electron chi connectivity index (χ2n) is 20.4. The fourth-order valence-electron chi connectivity index (χ4n) is 7.62. The summed E-state index contributed by atoms with van der Waals surface area (Å²) in [6.07, 6.45) is 6.79. The second-order valence-corrected chi connectivity index (χ2v) is 22.0. The molecule has 0 bridgehead atoms. The fourth-order valence-corrected chi connectivity index (χ4v) is 8.26. The van der Waals surface area contributed by atoms with Crippen LogP contribution in [0.5, 0.6) is 0 Å². The molecule has 0 N–H and O–H groups in total. The molecule has 0 aromatic rings. The Morgan fingerprint density at radius 3 is 1.20 bits per heavy atom. The molecule has 7 atom stereocenters. The Kier molecular flexibility index (Phi) is 22.4. The minimum absolute atomic E-state index is 0. The molecule has 0 saturated heterocycles. The molecule has 0 aromatic carbocycles. The normalized spacial score (nSPS) is 17.6. The van der Waals surface area contributed by atoms with E-state index in [-0.39, 0.29) is 88.1 Å². The van der Waals surface area contributed by atoms with Gasteiger partial charge in [0.2, 0.25) is 0 Å². The smallest absolute Gasteiger partial charge is 0.747 e. The van der Waals surface area contributed by atoms with E-state index >= 15 is 0 Å². The van der Waals surface area contributed by atoms with Crippen LogP contribution in [0.15, 0.2) is 0 Å². The average Bonchev–Trinajstić information content (AvgIpc) is 2.81. The molecule has 0 saturated carbocycles. The van der Waals surface area contributed by atoms with E-state index in [1.165, 1.54) is 0 Å². The van der Waals surface area contributed by atoms with Crippen LogP contribution in [-0.4, -0.2) is 43.4 Å². The molecule has 9 heteroatoms. The summed E-state index contributed by atoms with van der Waals surface area (Å²) in [5, 5.41) is -2.12. The maximum Gasteiger partial charge on any atom is 1.00 e. The van der Waals surface area contributed by atoms with E-state index in [1.807, 2.05) is 0 Å². The van der Waals surface area contributed by atoms with Crippen molar-refractivity contribution in [2.75, 3.05) is 13.2 Å². The van der Waals surface area contributed by atoms with Crippen LogP contribution in [0.1, 0.15) is 169 Å². The summed E-state index contributed by atoms with van der Waals surface area (Å²) in [5.74, 6) is -0.476. The van der Waals surface area contributed by atoms with E-state index in [1.54, 1.807) is 0 Å². The number of rotatable bonds is 20. The van der Waals surface area contributed by atoms with E-state index in [0.717, 1.165) is 51.4 Å². The van der Waals surface area contributed by atoms with E-state index < -0.39 is 33.7 Å². The molecule has 0 heterocycles. The fraction of sp³-hybridized carbons (Fsp3) is 0.950. The number of esters is 2. The van der Waals surface area contributed by atoms with Gasteiger partial charge in [-0.25, -0.2) is 8.42 Å². The van der Waals surface area contributed by atoms with Gasteiger partial charge in [0.1, 0.15) is 10.1 Å². The Balaban J connectivity index is 0. The molecule has 0 aliphatic heterocycles. The van der Waals surface area contributed by atoms with E-state index in [2.05, 4.69) is 111 Å². The number of hydrogen-bond acceptors (Lipinski definition) is 7. The predicted octanol–water partition coefficient (Wildman–Crippen LogP) is 7.46. The Morgan fingerprint density at radius 1 is 0.571 bits per heavy atom. The molecule has 7 nitrogen and oxygen atoms in total. The molecule has 0 spiro atoms. The average molecular weight is 725 g/mol. The summed E-state index contributed by atoms with van der Waals surface area (Å²) in [4.78, 5) is 26.2. The van der Waals surface area contributed by atoms with Crippen molar-refractivity contribution in [2.45, 2.75) is 174 Å². The van der Waals surface area contributed by atoms with Crippen LogP contribution in [-0.2, 0) is 29.2 Å². The van der Waals surface area contributed by atoms with Crippen LogP contribution in [0.3, 0.4) is 0 Å². The van der Waals surface area contributed by atoms with Crippen LogP contribution in [0.2, 0.25) is 0 Å². The molecule has 0 aromatic heterocycles. The minimum Gasteiger partial charge on any atom is -0.747 e. The van der Waals surface area contributed by atoms with Gasteiger partial charge < -0.3 is 14.0 Å². The Morgan fingerprint density at radius 2 is 0.898 bits per heavy atom. The molecule has 0 amide bonds. The van der Waals surface area contributed by atoms with Gasteiger partial charge in [-0.1, -0.05) is 124 Å².